The van der Waals surface area contributed by atoms with Crippen LogP contribution in [-0.2, 0) is 23.1 Å². The van der Waals surface area contributed by atoms with Crippen molar-refractivity contribution < 1.29 is 8.42 Å². The zero-order chi connectivity index (χ0) is 14.9. The Morgan fingerprint density at radius 1 is 1.43 bits per heavy atom. The van der Waals surface area contributed by atoms with E-state index in [4.69, 9.17) is 0 Å². The summed E-state index contributed by atoms with van der Waals surface area (Å²) in [6.07, 6.45) is 7.25. The van der Waals surface area contributed by atoms with Crippen molar-refractivity contribution >= 4 is 10.0 Å². The predicted molar refractivity (Wildman–Crippen MR) is 78.1 cm³/mol. The van der Waals surface area contributed by atoms with E-state index in [0.29, 0.717) is 17.5 Å². The minimum absolute atomic E-state index is 0.231. The van der Waals surface area contributed by atoms with Gasteiger partial charge in [0.1, 0.15) is 0 Å². The van der Waals surface area contributed by atoms with E-state index in [1.807, 2.05) is 7.05 Å². The topological polar surface area (TPSA) is 91.8 Å². The van der Waals surface area contributed by atoms with Gasteiger partial charge in [-0.25, -0.2) is 13.1 Å². The first-order valence-corrected chi connectivity index (χ1v) is 8.41. The van der Waals surface area contributed by atoms with Gasteiger partial charge < -0.3 is 9.88 Å². The third-order valence-corrected chi connectivity index (χ3v) is 4.90. The number of aromatic amines is 1. The molecule has 1 aliphatic carbocycles. The molecule has 2 aromatic heterocycles. The summed E-state index contributed by atoms with van der Waals surface area (Å²) < 4.78 is 29.4. The maximum Gasteiger partial charge on any atom is 0.242 e. The summed E-state index contributed by atoms with van der Waals surface area (Å²) >= 11 is 0. The first-order valence-electron chi connectivity index (χ1n) is 6.93. The molecule has 7 nitrogen and oxygen atoms in total. The fourth-order valence-electron chi connectivity index (χ4n) is 2.30. The van der Waals surface area contributed by atoms with E-state index in [2.05, 4.69) is 24.8 Å². The molecule has 0 saturated heterocycles. The molecule has 1 fully saturated rings. The zero-order valence-electron chi connectivity index (χ0n) is 11.8. The Morgan fingerprint density at radius 3 is 2.86 bits per heavy atom. The first kappa shape index (κ1) is 14.3. The molecule has 21 heavy (non-hydrogen) atoms. The Hall–Kier alpha value is -1.64. The molecule has 0 aliphatic heterocycles. The van der Waals surface area contributed by atoms with Crippen LogP contribution >= 0.6 is 0 Å². The lowest BCUT2D eigenvalue weighted by atomic mass is 10.4. The molecule has 3 N–H and O–H groups in total. The van der Waals surface area contributed by atoms with Crippen LogP contribution in [0.4, 0.5) is 0 Å². The van der Waals surface area contributed by atoms with Crippen molar-refractivity contribution in [3.63, 3.8) is 0 Å². The second kappa shape index (κ2) is 5.63. The molecule has 0 unspecified atom stereocenters. The van der Waals surface area contributed by atoms with E-state index in [0.717, 1.165) is 24.1 Å². The van der Waals surface area contributed by atoms with Gasteiger partial charge in [0.05, 0.1) is 11.1 Å². The molecule has 8 heteroatoms. The third kappa shape index (κ3) is 3.17. The van der Waals surface area contributed by atoms with Crippen LogP contribution in [0.2, 0.25) is 0 Å². The second-order valence-corrected chi connectivity index (χ2v) is 7.03. The number of aromatic nitrogens is 3. The van der Waals surface area contributed by atoms with Crippen LogP contribution in [0.5, 0.6) is 0 Å². The molecule has 0 atom stereocenters. The molecular formula is C13H19N5O2S. The summed E-state index contributed by atoms with van der Waals surface area (Å²) in [6, 6.07) is 2.19. The highest BCUT2D eigenvalue weighted by atomic mass is 32.2. The average molecular weight is 309 g/mol. The second-order valence-electron chi connectivity index (χ2n) is 5.27. The molecule has 2 aromatic rings. The van der Waals surface area contributed by atoms with Gasteiger partial charge in [0.2, 0.25) is 10.0 Å². The van der Waals surface area contributed by atoms with Gasteiger partial charge in [0.25, 0.3) is 0 Å². The van der Waals surface area contributed by atoms with E-state index in [9.17, 15) is 8.42 Å². The molecule has 0 bridgehead atoms. The van der Waals surface area contributed by atoms with Crippen molar-refractivity contribution in [2.45, 2.75) is 36.9 Å². The molecule has 1 aliphatic rings. The SMILES string of the molecule is CNCc1cc(S(=O)(=O)NCc2cn[nH]c2)cn1C1CC1. The van der Waals surface area contributed by atoms with Gasteiger partial charge in [-0.2, -0.15) is 5.10 Å². The van der Waals surface area contributed by atoms with E-state index < -0.39 is 10.0 Å². The van der Waals surface area contributed by atoms with Crippen molar-refractivity contribution in [3.05, 3.63) is 35.9 Å². The Labute approximate surface area is 123 Å². The van der Waals surface area contributed by atoms with Crippen LogP contribution in [0.25, 0.3) is 0 Å². The van der Waals surface area contributed by atoms with Crippen molar-refractivity contribution in [1.82, 2.24) is 24.8 Å². The maximum atomic E-state index is 12.4. The van der Waals surface area contributed by atoms with Gasteiger partial charge in [-0.05, 0) is 26.0 Å². The van der Waals surface area contributed by atoms with Gasteiger partial charge >= 0.3 is 0 Å². The summed E-state index contributed by atoms with van der Waals surface area (Å²) in [5.74, 6) is 0. The van der Waals surface area contributed by atoms with Gasteiger partial charge in [0.15, 0.2) is 0 Å². The quantitative estimate of drug-likeness (QED) is 0.703. The van der Waals surface area contributed by atoms with Gasteiger partial charge in [-0.1, -0.05) is 0 Å². The number of nitrogens with zero attached hydrogens (tertiary/aromatic N) is 2. The average Bonchev–Trinajstić information content (AvgIpc) is 3.00. The van der Waals surface area contributed by atoms with Crippen molar-refractivity contribution in [2.75, 3.05) is 7.05 Å². The summed E-state index contributed by atoms with van der Waals surface area (Å²) in [4.78, 5) is 0.322. The molecule has 2 heterocycles. The lowest BCUT2D eigenvalue weighted by Crippen LogP contribution is -2.22. The fourth-order valence-corrected chi connectivity index (χ4v) is 3.36. The van der Waals surface area contributed by atoms with Crippen LogP contribution in [0, 0.1) is 0 Å². The molecule has 0 spiro atoms. The van der Waals surface area contributed by atoms with Crippen LogP contribution in [0.15, 0.2) is 29.6 Å². The van der Waals surface area contributed by atoms with Gasteiger partial charge in [-0.15, -0.1) is 0 Å². The molecular weight excluding hydrogens is 290 g/mol. The highest BCUT2D eigenvalue weighted by molar-refractivity contribution is 7.89. The number of hydrogen-bond acceptors (Lipinski definition) is 4. The predicted octanol–water partition coefficient (Wildman–Crippen LogP) is 0.744. The molecule has 0 amide bonds. The van der Waals surface area contributed by atoms with Crippen LogP contribution < -0.4 is 10.0 Å². The molecule has 0 aromatic carbocycles. The lowest BCUT2D eigenvalue weighted by Gasteiger charge is -2.05. The van der Waals surface area contributed by atoms with E-state index in [-0.39, 0.29) is 6.54 Å². The van der Waals surface area contributed by atoms with Gasteiger partial charge in [0, 0.05) is 42.8 Å². The Morgan fingerprint density at radius 2 is 2.24 bits per heavy atom. The van der Waals surface area contributed by atoms with E-state index in [1.165, 1.54) is 0 Å². The summed E-state index contributed by atoms with van der Waals surface area (Å²) in [5, 5.41) is 9.54. The normalized spacial score (nSPS) is 15.5. The summed E-state index contributed by atoms with van der Waals surface area (Å²) in [6.45, 7) is 0.891. The van der Waals surface area contributed by atoms with Crippen molar-refractivity contribution in [2.24, 2.45) is 0 Å². The highest BCUT2D eigenvalue weighted by Crippen LogP contribution is 2.37. The Balaban J connectivity index is 1.79. The molecule has 114 valence electrons. The summed E-state index contributed by atoms with van der Waals surface area (Å²) in [7, 11) is -1.65. The third-order valence-electron chi connectivity index (χ3n) is 3.54. The Kier molecular flexibility index (Phi) is 3.83. The van der Waals surface area contributed by atoms with Crippen molar-refractivity contribution in [3.8, 4) is 0 Å². The molecule has 1 saturated carbocycles. The maximum absolute atomic E-state index is 12.4. The molecule has 3 rings (SSSR count). The lowest BCUT2D eigenvalue weighted by molar-refractivity contribution is 0.580. The number of hydrogen-bond donors (Lipinski definition) is 3. The van der Waals surface area contributed by atoms with Crippen molar-refractivity contribution in [1.29, 1.82) is 0 Å². The first-order chi connectivity index (χ1) is 10.1. The number of rotatable bonds is 7. The minimum Gasteiger partial charge on any atom is -0.346 e. The van der Waals surface area contributed by atoms with Crippen LogP contribution in [0.1, 0.15) is 30.1 Å². The monoisotopic (exact) mass is 309 g/mol. The highest BCUT2D eigenvalue weighted by Gasteiger charge is 2.28. The molecule has 0 radical (unpaired) electrons. The minimum atomic E-state index is -3.50. The standard InChI is InChI=1S/C13H19N5O2S/c1-14-8-12-4-13(9-18(12)11-2-3-11)21(19,20)17-7-10-5-15-16-6-10/h4-6,9,11,14,17H,2-3,7-8H2,1H3,(H,15,16). The Bertz CT molecular complexity index is 701. The smallest absolute Gasteiger partial charge is 0.242 e. The number of H-pyrrole nitrogens is 1. The van der Waals surface area contributed by atoms with E-state index >= 15 is 0 Å². The number of nitrogens with one attached hydrogen (secondary N) is 3. The van der Waals surface area contributed by atoms with Crippen LogP contribution in [0.3, 0.4) is 0 Å². The largest absolute Gasteiger partial charge is 0.346 e. The van der Waals surface area contributed by atoms with E-state index in [1.54, 1.807) is 24.7 Å². The number of sulfonamides is 1. The fraction of sp³-hybridized carbons (Fsp3) is 0.462. The van der Waals surface area contributed by atoms with Crippen LogP contribution in [-0.4, -0.2) is 30.2 Å². The zero-order valence-corrected chi connectivity index (χ0v) is 12.7. The summed E-state index contributed by atoms with van der Waals surface area (Å²) in [5.41, 5.74) is 1.80. The van der Waals surface area contributed by atoms with Gasteiger partial charge in [-0.3, -0.25) is 5.10 Å².